The number of halogens is 1. The molecular weight excluding hydrogens is 383 g/mol. The molecule has 2 aromatic heterocycles. The number of aromatic nitrogens is 4. The Morgan fingerprint density at radius 3 is 2.57 bits per heavy atom. The number of nitrogens with two attached hydrogens (primary N) is 1. The predicted octanol–water partition coefficient (Wildman–Crippen LogP) is 3.74. The Bertz CT molecular complexity index is 1160. The minimum Gasteiger partial charge on any atom is -0.457 e. The van der Waals surface area contributed by atoms with Crippen LogP contribution in [0.25, 0.3) is 22.3 Å². The van der Waals surface area contributed by atoms with Crippen LogP contribution in [0.2, 0.25) is 0 Å². The SMILES string of the molecule is Nc1ncnc2c1c(-c1ccc(Oc3ccccc3)cc1)nn2[C@@H]1CCNC[C@@H]1F. The fraction of sp³-hybridized carbons (Fsp3) is 0.227. The van der Waals surface area contributed by atoms with Crippen LogP contribution >= 0.6 is 0 Å². The fourth-order valence-corrected chi connectivity index (χ4v) is 3.82. The molecule has 0 spiro atoms. The molecule has 0 radical (unpaired) electrons. The van der Waals surface area contributed by atoms with Crippen molar-refractivity contribution in [2.75, 3.05) is 18.8 Å². The topological polar surface area (TPSA) is 90.9 Å². The molecule has 1 aliphatic rings. The smallest absolute Gasteiger partial charge is 0.164 e. The summed E-state index contributed by atoms with van der Waals surface area (Å²) in [5.74, 6) is 1.80. The van der Waals surface area contributed by atoms with Gasteiger partial charge in [-0.2, -0.15) is 5.10 Å². The summed E-state index contributed by atoms with van der Waals surface area (Å²) in [4.78, 5) is 8.50. The van der Waals surface area contributed by atoms with Crippen molar-refractivity contribution >= 4 is 16.9 Å². The Labute approximate surface area is 172 Å². The highest BCUT2D eigenvalue weighted by Gasteiger charge is 2.30. The lowest BCUT2D eigenvalue weighted by Crippen LogP contribution is -2.39. The van der Waals surface area contributed by atoms with Gasteiger partial charge in [-0.05, 0) is 49.4 Å². The number of para-hydroxylation sites is 1. The van der Waals surface area contributed by atoms with Gasteiger partial charge in [0.05, 0.1) is 11.4 Å². The summed E-state index contributed by atoms with van der Waals surface area (Å²) in [6, 6.07) is 16.7. The number of alkyl halides is 1. The maximum absolute atomic E-state index is 14.6. The van der Waals surface area contributed by atoms with Crippen LogP contribution in [-0.2, 0) is 0 Å². The zero-order valence-electron chi connectivity index (χ0n) is 16.2. The summed E-state index contributed by atoms with van der Waals surface area (Å²) in [6.07, 6.45) is 0.975. The largest absolute Gasteiger partial charge is 0.457 e. The molecule has 0 amide bonds. The maximum atomic E-state index is 14.6. The highest BCUT2D eigenvalue weighted by molar-refractivity contribution is 5.98. The van der Waals surface area contributed by atoms with Crippen molar-refractivity contribution in [1.82, 2.24) is 25.1 Å². The first-order chi connectivity index (χ1) is 14.7. The Hall–Kier alpha value is -3.52. The van der Waals surface area contributed by atoms with E-state index < -0.39 is 12.2 Å². The van der Waals surface area contributed by atoms with Gasteiger partial charge < -0.3 is 15.8 Å². The monoisotopic (exact) mass is 404 g/mol. The second kappa shape index (κ2) is 7.72. The molecule has 3 heterocycles. The van der Waals surface area contributed by atoms with Crippen LogP contribution in [-0.4, -0.2) is 39.0 Å². The number of nitrogens with one attached hydrogen (secondary N) is 1. The van der Waals surface area contributed by atoms with E-state index in [9.17, 15) is 4.39 Å². The number of hydrogen-bond acceptors (Lipinski definition) is 6. The van der Waals surface area contributed by atoms with Crippen molar-refractivity contribution in [2.24, 2.45) is 0 Å². The van der Waals surface area contributed by atoms with Gasteiger partial charge in [0.15, 0.2) is 5.65 Å². The number of anilines is 1. The van der Waals surface area contributed by atoms with Crippen molar-refractivity contribution in [3.8, 4) is 22.8 Å². The van der Waals surface area contributed by atoms with Gasteiger partial charge in [-0.1, -0.05) is 18.2 Å². The molecule has 7 nitrogen and oxygen atoms in total. The molecule has 2 atom stereocenters. The van der Waals surface area contributed by atoms with Gasteiger partial charge >= 0.3 is 0 Å². The van der Waals surface area contributed by atoms with E-state index in [2.05, 4.69) is 15.3 Å². The van der Waals surface area contributed by atoms with Crippen molar-refractivity contribution in [2.45, 2.75) is 18.6 Å². The van der Waals surface area contributed by atoms with E-state index in [1.807, 2.05) is 54.6 Å². The van der Waals surface area contributed by atoms with E-state index in [0.29, 0.717) is 41.3 Å². The second-order valence-electron chi connectivity index (χ2n) is 7.27. The van der Waals surface area contributed by atoms with Gasteiger partial charge in [0.1, 0.15) is 35.5 Å². The number of nitrogen functional groups attached to an aromatic ring is 1. The molecular formula is C22H21FN6O. The van der Waals surface area contributed by atoms with E-state index in [1.165, 1.54) is 6.33 Å². The van der Waals surface area contributed by atoms with Crippen LogP contribution in [0.5, 0.6) is 11.5 Å². The molecule has 0 unspecified atom stereocenters. The number of hydrogen-bond donors (Lipinski definition) is 2. The summed E-state index contributed by atoms with van der Waals surface area (Å²) in [5.41, 5.74) is 8.20. The maximum Gasteiger partial charge on any atom is 0.164 e. The summed E-state index contributed by atoms with van der Waals surface area (Å²) in [5, 5.41) is 8.44. The molecule has 1 saturated heterocycles. The Morgan fingerprint density at radius 1 is 1.03 bits per heavy atom. The minimum atomic E-state index is -1.05. The lowest BCUT2D eigenvalue weighted by Gasteiger charge is -2.27. The summed E-state index contributed by atoms with van der Waals surface area (Å²) in [6.45, 7) is 1.03. The molecule has 8 heteroatoms. The lowest BCUT2D eigenvalue weighted by atomic mass is 10.1. The van der Waals surface area contributed by atoms with E-state index in [1.54, 1.807) is 4.68 Å². The molecule has 0 bridgehead atoms. The minimum absolute atomic E-state index is 0.299. The average Bonchev–Trinajstić information content (AvgIpc) is 3.16. The molecule has 5 rings (SSSR count). The molecule has 152 valence electrons. The molecule has 1 fully saturated rings. The highest BCUT2D eigenvalue weighted by Crippen LogP contribution is 2.35. The zero-order chi connectivity index (χ0) is 20.5. The number of benzene rings is 2. The van der Waals surface area contributed by atoms with Gasteiger partial charge in [-0.3, -0.25) is 0 Å². The fourth-order valence-electron chi connectivity index (χ4n) is 3.82. The third-order valence-electron chi connectivity index (χ3n) is 5.31. The predicted molar refractivity (Wildman–Crippen MR) is 113 cm³/mol. The first-order valence-electron chi connectivity index (χ1n) is 9.87. The van der Waals surface area contributed by atoms with Crippen LogP contribution in [0.15, 0.2) is 60.9 Å². The standard InChI is InChI=1S/C22H21FN6O/c23-17-12-25-11-10-18(17)29-22-19(21(24)26-13-27-22)20(28-29)14-6-8-16(9-7-14)30-15-4-2-1-3-5-15/h1-9,13,17-18,25H,10-12H2,(H2,24,26,27)/t17-,18+/m0/s1. The Morgan fingerprint density at radius 2 is 1.80 bits per heavy atom. The molecule has 1 aliphatic heterocycles. The third kappa shape index (κ3) is 3.35. The van der Waals surface area contributed by atoms with Gasteiger partial charge in [0.25, 0.3) is 0 Å². The summed E-state index contributed by atoms with van der Waals surface area (Å²) in [7, 11) is 0. The van der Waals surface area contributed by atoms with Crippen molar-refractivity contribution in [3.63, 3.8) is 0 Å². The van der Waals surface area contributed by atoms with E-state index in [0.717, 1.165) is 17.9 Å². The van der Waals surface area contributed by atoms with Gasteiger partial charge in [-0.15, -0.1) is 0 Å². The van der Waals surface area contributed by atoms with E-state index in [4.69, 9.17) is 15.6 Å². The molecule has 3 N–H and O–H groups in total. The van der Waals surface area contributed by atoms with Crippen LogP contribution in [0.4, 0.5) is 10.2 Å². The first-order valence-corrected chi connectivity index (χ1v) is 9.87. The molecule has 2 aromatic carbocycles. The molecule has 0 aliphatic carbocycles. The Kier molecular flexibility index (Phi) is 4.76. The quantitative estimate of drug-likeness (QED) is 0.538. The van der Waals surface area contributed by atoms with E-state index in [-0.39, 0.29) is 0 Å². The van der Waals surface area contributed by atoms with Crippen molar-refractivity contribution < 1.29 is 9.13 Å². The van der Waals surface area contributed by atoms with Gasteiger partial charge in [0, 0.05) is 12.1 Å². The van der Waals surface area contributed by atoms with Crippen LogP contribution < -0.4 is 15.8 Å². The number of nitrogens with zero attached hydrogens (tertiary/aromatic N) is 4. The first kappa shape index (κ1) is 18.5. The molecule has 30 heavy (non-hydrogen) atoms. The Balaban J connectivity index is 1.54. The average molecular weight is 404 g/mol. The van der Waals surface area contributed by atoms with Crippen LogP contribution in [0.3, 0.4) is 0 Å². The number of ether oxygens (including phenoxy) is 1. The van der Waals surface area contributed by atoms with Crippen LogP contribution in [0, 0.1) is 0 Å². The van der Waals surface area contributed by atoms with Gasteiger partial charge in [-0.25, -0.2) is 19.0 Å². The van der Waals surface area contributed by atoms with Crippen molar-refractivity contribution in [1.29, 1.82) is 0 Å². The van der Waals surface area contributed by atoms with Crippen molar-refractivity contribution in [3.05, 3.63) is 60.9 Å². The highest BCUT2D eigenvalue weighted by atomic mass is 19.1. The number of fused-ring (bicyclic) bond motifs is 1. The number of rotatable bonds is 4. The van der Waals surface area contributed by atoms with Crippen LogP contribution in [0.1, 0.15) is 12.5 Å². The molecule has 0 saturated carbocycles. The van der Waals surface area contributed by atoms with E-state index >= 15 is 0 Å². The zero-order valence-corrected chi connectivity index (χ0v) is 16.2. The second-order valence-corrected chi connectivity index (χ2v) is 7.27. The lowest BCUT2D eigenvalue weighted by molar-refractivity contribution is 0.176. The normalized spacial score (nSPS) is 19.1. The summed E-state index contributed by atoms with van der Waals surface area (Å²) < 4.78 is 22.2. The number of piperidine rings is 1. The summed E-state index contributed by atoms with van der Waals surface area (Å²) >= 11 is 0. The molecule has 4 aromatic rings. The third-order valence-corrected chi connectivity index (χ3v) is 5.31. The van der Waals surface area contributed by atoms with Gasteiger partial charge in [0.2, 0.25) is 0 Å².